The summed E-state index contributed by atoms with van der Waals surface area (Å²) in [6.07, 6.45) is 1.53. The number of likely N-dealkylation sites (N-methyl/N-ethyl adjacent to an activating group) is 1. The van der Waals surface area contributed by atoms with Gasteiger partial charge in [0.15, 0.2) is 0 Å². The van der Waals surface area contributed by atoms with Gasteiger partial charge in [-0.05, 0) is 43.9 Å². The van der Waals surface area contributed by atoms with E-state index in [0.29, 0.717) is 31.6 Å². The molecule has 1 aliphatic heterocycles. The molecule has 2 amide bonds. The highest BCUT2D eigenvalue weighted by Crippen LogP contribution is 2.33. The predicted molar refractivity (Wildman–Crippen MR) is 103 cm³/mol. The lowest BCUT2D eigenvalue weighted by molar-refractivity contribution is -0.140. The first-order chi connectivity index (χ1) is 11.2. The van der Waals surface area contributed by atoms with Crippen LogP contribution in [0.3, 0.4) is 0 Å². The van der Waals surface area contributed by atoms with Crippen molar-refractivity contribution in [3.63, 3.8) is 0 Å². The molecule has 1 saturated heterocycles. The molecular formula is C19H30ClN3O2. The predicted octanol–water partition coefficient (Wildman–Crippen LogP) is 2.55. The number of amides is 2. The second kappa shape index (κ2) is 8.19. The van der Waals surface area contributed by atoms with Gasteiger partial charge < -0.3 is 15.5 Å². The van der Waals surface area contributed by atoms with Gasteiger partial charge >= 0.3 is 0 Å². The highest BCUT2D eigenvalue weighted by molar-refractivity contribution is 5.99. The number of halogens is 1. The molecule has 25 heavy (non-hydrogen) atoms. The van der Waals surface area contributed by atoms with Gasteiger partial charge in [0.1, 0.15) is 5.54 Å². The number of carbonyl (C=O) groups excluding carboxylic acids is 2. The maximum Gasteiger partial charge on any atom is 0.254 e. The zero-order chi connectivity index (χ0) is 18.0. The van der Waals surface area contributed by atoms with E-state index < -0.39 is 5.54 Å². The van der Waals surface area contributed by atoms with Crippen LogP contribution in [-0.2, 0) is 4.79 Å². The minimum absolute atomic E-state index is 0. The molecule has 0 radical (unpaired) electrons. The summed E-state index contributed by atoms with van der Waals surface area (Å²) in [6.45, 7) is 7.67. The third-order valence-electron chi connectivity index (χ3n) is 4.93. The monoisotopic (exact) mass is 367 g/mol. The van der Waals surface area contributed by atoms with Crippen molar-refractivity contribution in [3.8, 4) is 0 Å². The molecule has 1 fully saturated rings. The molecule has 1 aromatic carbocycles. The highest BCUT2D eigenvalue weighted by atomic mass is 35.5. The average molecular weight is 368 g/mol. The summed E-state index contributed by atoms with van der Waals surface area (Å²) >= 11 is 0. The molecule has 1 heterocycles. The molecule has 0 aromatic heterocycles. The van der Waals surface area contributed by atoms with Gasteiger partial charge in [-0.15, -0.1) is 12.4 Å². The number of hydrogen-bond donors (Lipinski definition) is 1. The van der Waals surface area contributed by atoms with Crippen LogP contribution in [0, 0.1) is 5.41 Å². The third kappa shape index (κ3) is 4.53. The van der Waals surface area contributed by atoms with Crippen LogP contribution in [0.15, 0.2) is 30.3 Å². The van der Waals surface area contributed by atoms with Crippen LogP contribution < -0.4 is 5.73 Å². The fourth-order valence-corrected chi connectivity index (χ4v) is 3.44. The molecular weight excluding hydrogens is 338 g/mol. The Morgan fingerprint density at radius 2 is 1.88 bits per heavy atom. The molecule has 5 nitrogen and oxygen atoms in total. The van der Waals surface area contributed by atoms with Gasteiger partial charge in [0.05, 0.1) is 0 Å². The highest BCUT2D eigenvalue weighted by Gasteiger charge is 2.47. The Kier molecular flexibility index (Phi) is 7.03. The Morgan fingerprint density at radius 3 is 2.44 bits per heavy atom. The van der Waals surface area contributed by atoms with Crippen molar-refractivity contribution < 1.29 is 9.59 Å². The van der Waals surface area contributed by atoms with E-state index in [0.717, 1.165) is 6.42 Å². The number of hydrogen-bond acceptors (Lipinski definition) is 3. The van der Waals surface area contributed by atoms with Crippen molar-refractivity contribution in [1.82, 2.24) is 9.80 Å². The van der Waals surface area contributed by atoms with Crippen LogP contribution in [0.4, 0.5) is 0 Å². The maximum absolute atomic E-state index is 13.1. The van der Waals surface area contributed by atoms with Gasteiger partial charge in [-0.2, -0.15) is 0 Å². The van der Waals surface area contributed by atoms with Crippen molar-refractivity contribution >= 4 is 24.2 Å². The Bertz CT molecular complexity index is 606. The number of likely N-dealkylation sites (tertiary alicyclic amines) is 1. The average Bonchev–Trinajstić information content (AvgIpc) is 2.96. The molecule has 0 saturated carbocycles. The van der Waals surface area contributed by atoms with E-state index >= 15 is 0 Å². The number of nitrogens with two attached hydrogens (primary N) is 1. The molecule has 2 N–H and O–H groups in total. The second-order valence-electron chi connectivity index (χ2n) is 7.73. The summed E-state index contributed by atoms with van der Waals surface area (Å²) in [6, 6.07) is 9.17. The Morgan fingerprint density at radius 1 is 1.28 bits per heavy atom. The van der Waals surface area contributed by atoms with E-state index in [4.69, 9.17) is 5.73 Å². The van der Waals surface area contributed by atoms with Gasteiger partial charge in [-0.25, -0.2) is 0 Å². The normalized spacial score (nSPS) is 20.1. The summed E-state index contributed by atoms with van der Waals surface area (Å²) in [5, 5.41) is 0. The summed E-state index contributed by atoms with van der Waals surface area (Å²) in [5.41, 5.74) is 5.49. The minimum atomic E-state index is -0.785. The SMILES string of the molecule is CN(CC(C)(C)CN)C(=O)C1(C)CCCN1C(=O)c1ccccc1.Cl. The van der Waals surface area contributed by atoms with Crippen LogP contribution in [0.2, 0.25) is 0 Å². The van der Waals surface area contributed by atoms with Gasteiger partial charge in [-0.3, -0.25) is 9.59 Å². The van der Waals surface area contributed by atoms with Gasteiger partial charge in [-0.1, -0.05) is 32.0 Å². The number of rotatable bonds is 5. The summed E-state index contributed by atoms with van der Waals surface area (Å²) in [7, 11) is 1.80. The maximum atomic E-state index is 13.1. The van der Waals surface area contributed by atoms with E-state index in [2.05, 4.69) is 0 Å². The number of carbonyl (C=O) groups is 2. The summed E-state index contributed by atoms with van der Waals surface area (Å²) in [5.74, 6) is -0.0822. The van der Waals surface area contributed by atoms with Crippen LogP contribution in [0.1, 0.15) is 44.0 Å². The van der Waals surface area contributed by atoms with Crippen molar-refractivity contribution in [2.24, 2.45) is 11.1 Å². The zero-order valence-corrected chi connectivity index (χ0v) is 16.4. The first-order valence-corrected chi connectivity index (χ1v) is 8.54. The van der Waals surface area contributed by atoms with Crippen molar-refractivity contribution in [2.45, 2.75) is 39.2 Å². The summed E-state index contributed by atoms with van der Waals surface area (Å²) in [4.78, 5) is 29.4. The topological polar surface area (TPSA) is 66.6 Å². The number of benzene rings is 1. The zero-order valence-electron chi connectivity index (χ0n) is 15.6. The fraction of sp³-hybridized carbons (Fsp3) is 0.579. The quantitative estimate of drug-likeness (QED) is 0.869. The minimum Gasteiger partial charge on any atom is -0.343 e. The lowest BCUT2D eigenvalue weighted by atomic mass is 9.91. The molecule has 140 valence electrons. The Labute approximate surface area is 157 Å². The van der Waals surface area contributed by atoms with Crippen LogP contribution in [-0.4, -0.2) is 53.8 Å². The van der Waals surface area contributed by atoms with E-state index in [1.54, 1.807) is 29.0 Å². The van der Waals surface area contributed by atoms with Crippen LogP contribution in [0.5, 0.6) is 0 Å². The largest absolute Gasteiger partial charge is 0.343 e. The molecule has 1 aliphatic rings. The van der Waals surface area contributed by atoms with Crippen molar-refractivity contribution in [1.29, 1.82) is 0 Å². The van der Waals surface area contributed by atoms with Gasteiger partial charge in [0.2, 0.25) is 5.91 Å². The molecule has 0 spiro atoms. The standard InChI is InChI=1S/C19H29N3O2.ClH/c1-18(2,13-20)14-21(4)17(24)19(3)11-8-12-22(19)16(23)15-9-6-5-7-10-15;/h5-7,9-10H,8,11-14,20H2,1-4H3;1H. The van der Waals surface area contributed by atoms with Gasteiger partial charge in [0.25, 0.3) is 5.91 Å². The Balaban J connectivity index is 0.00000312. The van der Waals surface area contributed by atoms with Crippen LogP contribution in [0.25, 0.3) is 0 Å². The van der Waals surface area contributed by atoms with Crippen LogP contribution >= 0.6 is 12.4 Å². The molecule has 0 bridgehead atoms. The molecule has 1 aromatic rings. The van der Waals surface area contributed by atoms with E-state index in [-0.39, 0.29) is 29.6 Å². The van der Waals surface area contributed by atoms with Crippen molar-refractivity contribution in [2.75, 3.05) is 26.7 Å². The van der Waals surface area contributed by atoms with Crippen molar-refractivity contribution in [3.05, 3.63) is 35.9 Å². The second-order valence-corrected chi connectivity index (χ2v) is 7.73. The molecule has 6 heteroatoms. The van der Waals surface area contributed by atoms with E-state index in [9.17, 15) is 9.59 Å². The van der Waals surface area contributed by atoms with E-state index in [1.165, 1.54) is 0 Å². The number of nitrogens with zero attached hydrogens (tertiary/aromatic N) is 2. The first kappa shape index (κ1) is 21.5. The molecule has 0 aliphatic carbocycles. The van der Waals surface area contributed by atoms with E-state index in [1.807, 2.05) is 39.0 Å². The molecule has 1 unspecified atom stereocenters. The molecule has 1 atom stereocenters. The summed E-state index contributed by atoms with van der Waals surface area (Å²) < 4.78 is 0. The lowest BCUT2D eigenvalue weighted by Gasteiger charge is -2.39. The smallest absolute Gasteiger partial charge is 0.254 e. The first-order valence-electron chi connectivity index (χ1n) is 8.54. The van der Waals surface area contributed by atoms with Gasteiger partial charge in [0, 0.05) is 25.7 Å². The fourth-order valence-electron chi connectivity index (χ4n) is 3.44. The molecule has 2 rings (SSSR count). The third-order valence-corrected chi connectivity index (χ3v) is 4.93. The lowest BCUT2D eigenvalue weighted by Crippen LogP contribution is -2.57. The Hall–Kier alpha value is -1.59.